The molecule has 0 aliphatic carbocycles. The molecule has 0 amide bonds. The van der Waals surface area contributed by atoms with Crippen molar-refractivity contribution in [1.29, 1.82) is 0 Å². The number of nitrogens with one attached hydrogen (secondary N) is 1. The number of halogens is 4. The van der Waals surface area contributed by atoms with Crippen LogP contribution in [0.25, 0.3) is 0 Å². The molecule has 126 valence electrons. The summed E-state index contributed by atoms with van der Waals surface area (Å²) in [5.74, 6) is 0. The number of nitrogens with zero attached hydrogens (tertiary/aromatic N) is 1. The Balaban J connectivity index is 0.00000242. The summed E-state index contributed by atoms with van der Waals surface area (Å²) in [5.41, 5.74) is -0.854. The second kappa shape index (κ2) is 7.16. The van der Waals surface area contributed by atoms with Gasteiger partial charge >= 0.3 is 6.18 Å². The van der Waals surface area contributed by atoms with E-state index in [9.17, 15) is 21.6 Å². The topological polar surface area (TPSA) is 49.4 Å². The van der Waals surface area contributed by atoms with Gasteiger partial charge in [0.05, 0.1) is 10.5 Å². The molecule has 1 aromatic rings. The lowest BCUT2D eigenvalue weighted by Gasteiger charge is -2.31. The van der Waals surface area contributed by atoms with Gasteiger partial charge in [0.25, 0.3) is 0 Å². The summed E-state index contributed by atoms with van der Waals surface area (Å²) in [6.45, 7) is 0.724. The molecule has 1 heterocycles. The molecule has 1 aromatic carbocycles. The Labute approximate surface area is 134 Å². The number of rotatable bonds is 3. The van der Waals surface area contributed by atoms with E-state index in [4.69, 9.17) is 0 Å². The molecule has 0 bridgehead atoms. The molecule has 0 saturated carbocycles. The van der Waals surface area contributed by atoms with Crippen molar-refractivity contribution >= 4 is 22.4 Å². The van der Waals surface area contributed by atoms with Crippen molar-refractivity contribution in [2.45, 2.75) is 30.0 Å². The van der Waals surface area contributed by atoms with Gasteiger partial charge in [-0.05, 0) is 44.2 Å². The standard InChI is InChI=1S/C13H17F3N2O2S.ClH/c1-17-11-3-2-8-18(9-11)21(19,20)12-6-4-10(5-7-12)13(14,15)16;/h4-7,11,17H,2-3,8-9H2,1H3;1H. The van der Waals surface area contributed by atoms with Crippen LogP contribution in [0.15, 0.2) is 29.2 Å². The van der Waals surface area contributed by atoms with Crippen molar-refractivity contribution in [1.82, 2.24) is 9.62 Å². The number of alkyl halides is 3. The normalized spacial score (nSPS) is 20.5. The van der Waals surface area contributed by atoms with Crippen molar-refractivity contribution in [2.24, 2.45) is 0 Å². The minimum atomic E-state index is -4.47. The first kappa shape index (κ1) is 19.2. The van der Waals surface area contributed by atoms with Gasteiger partial charge < -0.3 is 5.32 Å². The Morgan fingerprint density at radius 3 is 2.32 bits per heavy atom. The van der Waals surface area contributed by atoms with E-state index >= 15 is 0 Å². The van der Waals surface area contributed by atoms with Crippen LogP contribution in [-0.2, 0) is 16.2 Å². The predicted molar refractivity (Wildman–Crippen MR) is 79.5 cm³/mol. The van der Waals surface area contributed by atoms with E-state index in [2.05, 4.69) is 5.32 Å². The molecule has 2 rings (SSSR count). The third-order valence-electron chi connectivity index (χ3n) is 3.61. The number of likely N-dealkylation sites (N-methyl/N-ethyl adjacent to an activating group) is 1. The number of hydrogen-bond donors (Lipinski definition) is 1. The van der Waals surface area contributed by atoms with Gasteiger partial charge in [0.1, 0.15) is 0 Å². The highest BCUT2D eigenvalue weighted by Crippen LogP contribution is 2.30. The van der Waals surface area contributed by atoms with Crippen molar-refractivity contribution in [2.75, 3.05) is 20.1 Å². The fourth-order valence-electron chi connectivity index (χ4n) is 2.36. The Morgan fingerprint density at radius 1 is 1.23 bits per heavy atom. The lowest BCUT2D eigenvalue weighted by Crippen LogP contribution is -2.46. The van der Waals surface area contributed by atoms with Gasteiger partial charge in [-0.15, -0.1) is 12.4 Å². The maximum Gasteiger partial charge on any atom is 0.416 e. The maximum atomic E-state index is 12.5. The van der Waals surface area contributed by atoms with Crippen LogP contribution in [0.4, 0.5) is 13.2 Å². The lowest BCUT2D eigenvalue weighted by atomic mass is 10.1. The zero-order valence-electron chi connectivity index (χ0n) is 11.9. The summed E-state index contributed by atoms with van der Waals surface area (Å²) < 4.78 is 63.7. The molecule has 1 aliphatic heterocycles. The summed E-state index contributed by atoms with van der Waals surface area (Å²) in [7, 11) is -1.98. The zero-order chi connectivity index (χ0) is 15.7. The third kappa shape index (κ3) is 4.13. The summed E-state index contributed by atoms with van der Waals surface area (Å²) in [6.07, 6.45) is -2.86. The minimum absolute atomic E-state index is 0. The van der Waals surface area contributed by atoms with Gasteiger partial charge in [-0.2, -0.15) is 17.5 Å². The summed E-state index contributed by atoms with van der Waals surface area (Å²) in [4.78, 5) is -0.104. The summed E-state index contributed by atoms with van der Waals surface area (Å²) in [5, 5.41) is 3.03. The van der Waals surface area contributed by atoms with Gasteiger partial charge in [0.15, 0.2) is 0 Å². The monoisotopic (exact) mass is 358 g/mol. The third-order valence-corrected chi connectivity index (χ3v) is 5.49. The smallest absolute Gasteiger partial charge is 0.316 e. The maximum absolute atomic E-state index is 12.5. The molecule has 9 heteroatoms. The van der Waals surface area contributed by atoms with E-state index in [-0.39, 0.29) is 23.3 Å². The average Bonchev–Trinajstić information content (AvgIpc) is 2.46. The zero-order valence-corrected chi connectivity index (χ0v) is 13.6. The highest BCUT2D eigenvalue weighted by atomic mass is 35.5. The fraction of sp³-hybridized carbons (Fsp3) is 0.538. The highest BCUT2D eigenvalue weighted by Gasteiger charge is 2.32. The van der Waals surface area contributed by atoms with Crippen molar-refractivity contribution in [3.63, 3.8) is 0 Å². The lowest BCUT2D eigenvalue weighted by molar-refractivity contribution is -0.137. The molecule has 1 N–H and O–H groups in total. The molecule has 0 spiro atoms. The van der Waals surface area contributed by atoms with Crippen LogP contribution < -0.4 is 5.32 Å². The van der Waals surface area contributed by atoms with Crippen LogP contribution in [-0.4, -0.2) is 38.9 Å². The van der Waals surface area contributed by atoms with E-state index in [1.807, 2.05) is 0 Å². The number of hydrogen-bond acceptors (Lipinski definition) is 3. The van der Waals surface area contributed by atoms with Crippen LogP contribution in [0.1, 0.15) is 18.4 Å². The van der Waals surface area contributed by atoms with Gasteiger partial charge in [-0.25, -0.2) is 8.42 Å². The SMILES string of the molecule is CNC1CCCN(S(=O)(=O)c2ccc(C(F)(F)F)cc2)C1.Cl. The summed E-state index contributed by atoms with van der Waals surface area (Å²) >= 11 is 0. The van der Waals surface area contributed by atoms with Gasteiger partial charge in [-0.1, -0.05) is 0 Å². The molecule has 1 saturated heterocycles. The van der Waals surface area contributed by atoms with Crippen LogP contribution in [0.2, 0.25) is 0 Å². The molecule has 0 radical (unpaired) electrons. The molecular formula is C13H18ClF3N2O2S. The molecule has 1 aliphatic rings. The molecule has 0 aromatic heterocycles. The van der Waals surface area contributed by atoms with Crippen LogP contribution >= 0.6 is 12.4 Å². The van der Waals surface area contributed by atoms with Gasteiger partial charge in [0, 0.05) is 19.1 Å². The van der Waals surface area contributed by atoms with Crippen LogP contribution in [0, 0.1) is 0 Å². The van der Waals surface area contributed by atoms with Crippen molar-refractivity contribution < 1.29 is 21.6 Å². The average molecular weight is 359 g/mol. The second-order valence-corrected chi connectivity index (χ2v) is 6.95. The molecule has 1 atom stereocenters. The van der Waals surface area contributed by atoms with Crippen LogP contribution in [0.3, 0.4) is 0 Å². The Kier molecular flexibility index (Phi) is 6.26. The second-order valence-electron chi connectivity index (χ2n) is 5.01. The Bertz CT molecular complexity index is 590. The van der Waals surface area contributed by atoms with Gasteiger partial charge in [0.2, 0.25) is 10.0 Å². The summed E-state index contributed by atoms with van der Waals surface area (Å²) in [6, 6.07) is 3.70. The quantitative estimate of drug-likeness (QED) is 0.903. The Hall–Kier alpha value is -0.830. The van der Waals surface area contributed by atoms with Crippen molar-refractivity contribution in [3.05, 3.63) is 29.8 Å². The first-order valence-electron chi connectivity index (χ1n) is 6.60. The molecule has 1 fully saturated rings. The minimum Gasteiger partial charge on any atom is -0.316 e. The van der Waals surface area contributed by atoms with Crippen LogP contribution in [0.5, 0.6) is 0 Å². The first-order valence-corrected chi connectivity index (χ1v) is 8.04. The van der Waals surface area contributed by atoms with E-state index in [1.54, 1.807) is 7.05 Å². The molecular weight excluding hydrogens is 341 g/mol. The van der Waals surface area contributed by atoms with Crippen molar-refractivity contribution in [3.8, 4) is 0 Å². The molecule has 1 unspecified atom stereocenters. The Morgan fingerprint density at radius 2 is 1.82 bits per heavy atom. The first-order chi connectivity index (χ1) is 9.75. The predicted octanol–water partition coefficient (Wildman–Crippen LogP) is 2.50. The number of piperidine rings is 1. The van der Waals surface area contributed by atoms with E-state index in [1.165, 1.54) is 4.31 Å². The number of sulfonamides is 1. The van der Waals surface area contributed by atoms with E-state index in [0.29, 0.717) is 13.1 Å². The molecule has 22 heavy (non-hydrogen) atoms. The number of benzene rings is 1. The fourth-order valence-corrected chi connectivity index (χ4v) is 3.89. The highest BCUT2D eigenvalue weighted by molar-refractivity contribution is 7.89. The van der Waals surface area contributed by atoms with E-state index in [0.717, 1.165) is 37.1 Å². The largest absolute Gasteiger partial charge is 0.416 e. The van der Waals surface area contributed by atoms with E-state index < -0.39 is 21.8 Å². The molecule has 4 nitrogen and oxygen atoms in total. The van der Waals surface area contributed by atoms with Gasteiger partial charge in [-0.3, -0.25) is 0 Å².